The molecule has 0 aliphatic heterocycles. The molecular formula is C19H37N4O2S2+. The number of likely N-dealkylation sites (N-methyl/N-ethyl adjacent to an activating group) is 1. The first-order chi connectivity index (χ1) is 12.8. The van der Waals surface area contributed by atoms with Crippen molar-refractivity contribution in [1.82, 2.24) is 16.0 Å². The fraction of sp³-hybridized carbons (Fsp3) is 0.789. The first-order valence-corrected chi connectivity index (χ1v) is 11.9. The molecule has 0 bridgehead atoms. The van der Waals surface area contributed by atoms with Crippen molar-refractivity contribution in [3.63, 3.8) is 0 Å². The molecule has 2 amide bonds. The smallest absolute Gasteiger partial charge is 0.237 e. The summed E-state index contributed by atoms with van der Waals surface area (Å²) >= 11 is 0. The molecule has 0 rings (SSSR count). The molecule has 0 aromatic rings. The van der Waals surface area contributed by atoms with Gasteiger partial charge in [0.15, 0.2) is 0 Å². The van der Waals surface area contributed by atoms with E-state index in [1.54, 1.807) is 28.5 Å². The van der Waals surface area contributed by atoms with Gasteiger partial charge in [0.05, 0.1) is 40.3 Å². The number of nitrogens with zero attached hydrogens (tertiary/aromatic N) is 1. The van der Waals surface area contributed by atoms with Crippen molar-refractivity contribution in [1.29, 1.82) is 0 Å². The van der Waals surface area contributed by atoms with E-state index < -0.39 is 0 Å². The number of unbranched alkanes of at least 4 members (excludes halogenated alkanes) is 1. The minimum atomic E-state index is -0.120. The van der Waals surface area contributed by atoms with Gasteiger partial charge in [-0.25, -0.2) is 0 Å². The van der Waals surface area contributed by atoms with Crippen LogP contribution in [0.4, 0.5) is 0 Å². The number of rotatable bonds is 15. The first-order valence-electron chi connectivity index (χ1n) is 9.46. The molecule has 156 valence electrons. The summed E-state index contributed by atoms with van der Waals surface area (Å²) in [5.41, 5.74) is 0. The van der Waals surface area contributed by atoms with Crippen LogP contribution in [0.15, 0.2) is 0 Å². The quantitative estimate of drug-likeness (QED) is 0.163. The van der Waals surface area contributed by atoms with Crippen molar-refractivity contribution in [2.24, 2.45) is 0 Å². The molecule has 0 heterocycles. The summed E-state index contributed by atoms with van der Waals surface area (Å²) < 4.78 is 0.958. The molecular weight excluding hydrogens is 380 g/mol. The van der Waals surface area contributed by atoms with E-state index in [4.69, 9.17) is 0 Å². The van der Waals surface area contributed by atoms with Gasteiger partial charge in [-0.1, -0.05) is 27.5 Å². The van der Waals surface area contributed by atoms with E-state index in [2.05, 4.69) is 48.9 Å². The maximum absolute atomic E-state index is 12.2. The summed E-state index contributed by atoms with van der Waals surface area (Å²) in [4.78, 5) is 23.7. The van der Waals surface area contributed by atoms with E-state index in [1.807, 2.05) is 7.05 Å². The number of amides is 2. The highest BCUT2D eigenvalue weighted by Gasteiger charge is 2.16. The van der Waals surface area contributed by atoms with Crippen LogP contribution >= 0.6 is 21.6 Å². The van der Waals surface area contributed by atoms with Crippen LogP contribution in [-0.2, 0) is 9.59 Å². The predicted molar refractivity (Wildman–Crippen MR) is 119 cm³/mol. The second-order valence-corrected chi connectivity index (χ2v) is 9.94. The molecule has 1 atom stereocenters. The highest BCUT2D eigenvalue weighted by atomic mass is 33.1. The van der Waals surface area contributed by atoms with E-state index >= 15 is 0 Å². The average molecular weight is 418 g/mol. The van der Waals surface area contributed by atoms with Crippen LogP contribution in [0.2, 0.25) is 0 Å². The van der Waals surface area contributed by atoms with Crippen molar-refractivity contribution in [2.45, 2.75) is 38.6 Å². The Morgan fingerprint density at radius 2 is 1.78 bits per heavy atom. The maximum atomic E-state index is 12.2. The van der Waals surface area contributed by atoms with Gasteiger partial charge < -0.3 is 20.4 Å². The number of hydrogen-bond donors (Lipinski definition) is 3. The normalized spacial score (nSPS) is 12.0. The Hall–Kier alpha value is -0.880. The lowest BCUT2D eigenvalue weighted by Gasteiger charge is -2.24. The number of carbonyl (C=O) groups is 2. The Balaban J connectivity index is 3.69. The molecule has 0 aromatic carbocycles. The highest BCUT2D eigenvalue weighted by molar-refractivity contribution is 8.76. The molecule has 0 aliphatic carbocycles. The van der Waals surface area contributed by atoms with Crippen molar-refractivity contribution >= 4 is 33.4 Å². The van der Waals surface area contributed by atoms with Gasteiger partial charge in [-0.3, -0.25) is 9.59 Å². The van der Waals surface area contributed by atoms with E-state index in [1.165, 1.54) is 0 Å². The first kappa shape index (κ1) is 26.1. The van der Waals surface area contributed by atoms with Crippen molar-refractivity contribution in [3.8, 4) is 11.8 Å². The molecule has 1 unspecified atom stereocenters. The lowest BCUT2D eigenvalue weighted by atomic mass is 10.1. The number of hydrogen-bond acceptors (Lipinski definition) is 5. The molecule has 8 heteroatoms. The average Bonchev–Trinajstić information content (AvgIpc) is 2.60. The van der Waals surface area contributed by atoms with Gasteiger partial charge in [0.2, 0.25) is 11.8 Å². The van der Waals surface area contributed by atoms with E-state index in [0.717, 1.165) is 41.8 Å². The van der Waals surface area contributed by atoms with Gasteiger partial charge in [0.1, 0.15) is 0 Å². The number of carbonyl (C=O) groups excluding carboxylic acids is 2. The Labute approximate surface area is 173 Å². The number of nitrogens with one attached hydrogen (secondary N) is 3. The summed E-state index contributed by atoms with van der Waals surface area (Å²) in [6.45, 7) is 3.94. The van der Waals surface area contributed by atoms with Gasteiger partial charge in [0.25, 0.3) is 0 Å². The molecule has 27 heavy (non-hydrogen) atoms. The molecule has 0 radical (unpaired) electrons. The Kier molecular flexibility index (Phi) is 15.6. The number of quaternary nitrogens is 1. The monoisotopic (exact) mass is 417 g/mol. The fourth-order valence-electron chi connectivity index (χ4n) is 2.25. The fourth-order valence-corrected chi connectivity index (χ4v) is 4.15. The van der Waals surface area contributed by atoms with Crippen molar-refractivity contribution in [3.05, 3.63) is 0 Å². The molecule has 6 nitrogen and oxygen atoms in total. The van der Waals surface area contributed by atoms with Crippen LogP contribution < -0.4 is 16.0 Å². The van der Waals surface area contributed by atoms with Gasteiger partial charge >= 0.3 is 0 Å². The van der Waals surface area contributed by atoms with Crippen LogP contribution in [0.1, 0.15) is 32.6 Å². The zero-order valence-corrected chi connectivity index (χ0v) is 19.2. The second kappa shape index (κ2) is 16.1. The van der Waals surface area contributed by atoms with Gasteiger partial charge in [0, 0.05) is 24.5 Å². The summed E-state index contributed by atoms with van der Waals surface area (Å²) in [6, 6.07) is -0.120. The third-order valence-electron chi connectivity index (χ3n) is 3.77. The van der Waals surface area contributed by atoms with E-state index in [0.29, 0.717) is 19.5 Å². The molecule has 0 spiro atoms. The van der Waals surface area contributed by atoms with Gasteiger partial charge in [-0.15, -0.1) is 5.92 Å². The van der Waals surface area contributed by atoms with E-state index in [-0.39, 0.29) is 17.9 Å². The predicted octanol–water partition coefficient (Wildman–Crippen LogP) is 1.48. The SMILES string of the molecule is CC#CCNC(=O)CCSSCCNC(=O)C(CCCC[N+](C)(C)C)NC. The summed E-state index contributed by atoms with van der Waals surface area (Å²) in [5.74, 6) is 7.24. The molecule has 0 aromatic heterocycles. The highest BCUT2D eigenvalue weighted by Crippen LogP contribution is 2.20. The summed E-state index contributed by atoms with van der Waals surface area (Å²) in [7, 11) is 11.7. The van der Waals surface area contributed by atoms with Crippen LogP contribution in [0.3, 0.4) is 0 Å². The van der Waals surface area contributed by atoms with Gasteiger partial charge in [-0.2, -0.15) is 0 Å². The zero-order valence-electron chi connectivity index (χ0n) is 17.5. The van der Waals surface area contributed by atoms with Crippen LogP contribution in [-0.4, -0.2) is 81.7 Å². The topological polar surface area (TPSA) is 70.2 Å². The largest absolute Gasteiger partial charge is 0.354 e. The van der Waals surface area contributed by atoms with Crippen molar-refractivity contribution in [2.75, 3.05) is 59.3 Å². The standard InChI is InChI=1S/C19H36N4O2S2/c1-6-7-12-21-18(24)11-15-26-27-16-13-22-19(25)17(20-2)10-8-9-14-23(3,4)5/h17,20H,8-16H2,1-5H3,(H-,21,22,24,25)/p+1. The second-order valence-electron chi connectivity index (χ2n) is 7.24. The minimum absolute atomic E-state index is 0.0290. The molecule has 0 aliphatic rings. The zero-order chi connectivity index (χ0) is 20.5. The lowest BCUT2D eigenvalue weighted by molar-refractivity contribution is -0.870. The Morgan fingerprint density at radius 3 is 2.41 bits per heavy atom. The van der Waals surface area contributed by atoms with Crippen LogP contribution in [0, 0.1) is 11.8 Å². The molecule has 3 N–H and O–H groups in total. The third-order valence-corrected chi connectivity index (χ3v) is 6.18. The van der Waals surface area contributed by atoms with Gasteiger partial charge in [-0.05, 0) is 33.2 Å². The third kappa shape index (κ3) is 17.0. The molecule has 0 saturated carbocycles. The minimum Gasteiger partial charge on any atom is -0.354 e. The van der Waals surface area contributed by atoms with E-state index in [9.17, 15) is 9.59 Å². The Bertz CT molecular complexity index is 484. The molecule has 0 saturated heterocycles. The maximum Gasteiger partial charge on any atom is 0.237 e. The van der Waals surface area contributed by atoms with Crippen molar-refractivity contribution < 1.29 is 14.1 Å². The summed E-state index contributed by atoms with van der Waals surface area (Å²) in [5, 5.41) is 8.85. The summed E-state index contributed by atoms with van der Waals surface area (Å²) in [6.07, 6.45) is 3.53. The molecule has 0 fully saturated rings. The van der Waals surface area contributed by atoms with Crippen LogP contribution in [0.5, 0.6) is 0 Å². The Morgan fingerprint density at radius 1 is 1.07 bits per heavy atom. The lowest BCUT2D eigenvalue weighted by Crippen LogP contribution is -2.43. The van der Waals surface area contributed by atoms with Crippen LogP contribution in [0.25, 0.3) is 0 Å².